The third-order valence-electron chi connectivity index (χ3n) is 6.47. The van der Waals surface area contributed by atoms with E-state index in [1.807, 2.05) is 121 Å². The Morgan fingerprint density at radius 3 is 1.95 bits per heavy atom. The number of hydrogen-bond donors (Lipinski definition) is 2. The molecule has 0 aliphatic rings. The lowest BCUT2D eigenvalue weighted by Crippen LogP contribution is -2.43. The van der Waals surface area contributed by atoms with E-state index in [-0.39, 0.29) is 6.61 Å². The van der Waals surface area contributed by atoms with Gasteiger partial charge in [0.15, 0.2) is 6.61 Å². The van der Waals surface area contributed by atoms with Crippen molar-refractivity contribution in [2.24, 2.45) is 0 Å². The molecule has 0 spiro atoms. The van der Waals surface area contributed by atoms with E-state index >= 15 is 0 Å². The van der Waals surface area contributed by atoms with E-state index in [4.69, 9.17) is 9.47 Å². The monoisotopic (exact) mass is 542 g/mol. The molecule has 204 valence electrons. The minimum atomic E-state index is -0.463. The molecule has 0 bridgehead atoms. The van der Waals surface area contributed by atoms with E-state index in [0.29, 0.717) is 24.3 Å². The van der Waals surface area contributed by atoms with Gasteiger partial charge in [0.05, 0.1) is 0 Å². The number of ether oxygens (including phenoxy) is 2. The number of hydrazine groups is 1. The van der Waals surface area contributed by atoms with E-state index in [1.165, 1.54) is 0 Å². The van der Waals surface area contributed by atoms with Crippen molar-refractivity contribution in [2.45, 2.75) is 13.0 Å². The lowest BCUT2D eigenvalue weighted by molar-refractivity contribution is -0.123. The van der Waals surface area contributed by atoms with Crippen molar-refractivity contribution in [1.82, 2.24) is 10.9 Å². The van der Waals surface area contributed by atoms with E-state index in [0.717, 1.165) is 33.6 Å². The van der Waals surface area contributed by atoms with Crippen LogP contribution in [0.3, 0.4) is 0 Å². The van der Waals surface area contributed by atoms with E-state index in [9.17, 15) is 9.59 Å². The van der Waals surface area contributed by atoms with Crippen LogP contribution in [0.2, 0.25) is 0 Å². The van der Waals surface area contributed by atoms with Crippen LogP contribution < -0.4 is 20.3 Å². The van der Waals surface area contributed by atoms with Gasteiger partial charge >= 0.3 is 0 Å². The third kappa shape index (κ3) is 7.61. The van der Waals surface area contributed by atoms with Gasteiger partial charge in [-0.15, -0.1) is 0 Å². The molecule has 0 aliphatic heterocycles. The van der Waals surface area contributed by atoms with E-state index in [1.54, 1.807) is 12.1 Å². The second kappa shape index (κ2) is 13.6. The summed E-state index contributed by atoms with van der Waals surface area (Å²) in [5, 5.41) is 0. The summed E-state index contributed by atoms with van der Waals surface area (Å²) in [6, 6.07) is 42.7. The molecule has 0 heterocycles. The Labute approximate surface area is 239 Å². The first-order valence-electron chi connectivity index (χ1n) is 13.4. The zero-order valence-electron chi connectivity index (χ0n) is 22.5. The van der Waals surface area contributed by atoms with Crippen LogP contribution in [0.25, 0.3) is 11.1 Å². The van der Waals surface area contributed by atoms with Crippen LogP contribution in [0.1, 0.15) is 27.0 Å². The first-order chi connectivity index (χ1) is 20.2. The number of amides is 2. The molecular formula is C35H30N2O4. The van der Waals surface area contributed by atoms with Crippen LogP contribution in [0.5, 0.6) is 11.5 Å². The Balaban J connectivity index is 1.10. The fraction of sp³-hybridized carbons (Fsp3) is 0.0857. The Morgan fingerprint density at radius 1 is 0.561 bits per heavy atom. The summed E-state index contributed by atoms with van der Waals surface area (Å²) in [7, 11) is 0. The summed E-state index contributed by atoms with van der Waals surface area (Å²) in [6.07, 6.45) is 0.690. The highest BCUT2D eigenvalue weighted by atomic mass is 16.5. The molecule has 0 aromatic heterocycles. The molecular weight excluding hydrogens is 512 g/mol. The van der Waals surface area contributed by atoms with Gasteiger partial charge < -0.3 is 9.47 Å². The van der Waals surface area contributed by atoms with Crippen molar-refractivity contribution in [2.75, 3.05) is 6.61 Å². The fourth-order valence-corrected chi connectivity index (χ4v) is 4.35. The van der Waals surface area contributed by atoms with Crippen LogP contribution in [0, 0.1) is 0 Å². The molecule has 5 aromatic rings. The van der Waals surface area contributed by atoms with Crippen LogP contribution >= 0.6 is 0 Å². The number of carbonyl (C=O) groups excluding carboxylic acids is 2. The lowest BCUT2D eigenvalue weighted by atomic mass is 10.0. The normalized spacial score (nSPS) is 10.4. The van der Waals surface area contributed by atoms with Gasteiger partial charge in [-0.05, 0) is 46.5 Å². The maximum absolute atomic E-state index is 12.6. The van der Waals surface area contributed by atoms with Crippen LogP contribution in [0.4, 0.5) is 0 Å². The molecule has 0 saturated carbocycles. The third-order valence-corrected chi connectivity index (χ3v) is 6.47. The Kier molecular flexibility index (Phi) is 9.04. The van der Waals surface area contributed by atoms with Gasteiger partial charge in [0.1, 0.15) is 18.1 Å². The Morgan fingerprint density at radius 2 is 1.20 bits per heavy atom. The molecule has 6 heteroatoms. The van der Waals surface area contributed by atoms with Gasteiger partial charge in [-0.25, -0.2) is 0 Å². The standard InChI is InChI=1S/C35H30N2O4/c38-34(25-41-32-17-9-7-15-30(32)23-26-11-3-1-4-12-26)36-37-35(39)29-21-19-27(20-22-29)24-40-33-18-10-8-16-31(33)28-13-5-2-6-14-28/h1-22H,23-25H2,(H,36,38)(H,37,39). The van der Waals surface area contributed by atoms with Gasteiger partial charge in [0.2, 0.25) is 0 Å². The van der Waals surface area contributed by atoms with Crippen LogP contribution in [0.15, 0.2) is 133 Å². The molecule has 2 amide bonds. The van der Waals surface area contributed by atoms with Crippen molar-refractivity contribution >= 4 is 11.8 Å². The molecule has 5 aromatic carbocycles. The molecule has 5 rings (SSSR count). The zero-order chi connectivity index (χ0) is 28.3. The number of carbonyl (C=O) groups is 2. The number of rotatable bonds is 10. The summed E-state index contributed by atoms with van der Waals surface area (Å²) in [5.74, 6) is 0.523. The zero-order valence-corrected chi connectivity index (χ0v) is 22.5. The first-order valence-corrected chi connectivity index (χ1v) is 13.4. The summed E-state index contributed by atoms with van der Waals surface area (Å²) in [6.45, 7) is 0.123. The topological polar surface area (TPSA) is 76.7 Å². The summed E-state index contributed by atoms with van der Waals surface area (Å²) in [4.78, 5) is 24.9. The minimum Gasteiger partial charge on any atom is -0.488 e. The molecule has 0 unspecified atom stereocenters. The Bertz CT molecular complexity index is 1590. The van der Waals surface area contributed by atoms with Crippen molar-refractivity contribution in [3.63, 3.8) is 0 Å². The highest BCUT2D eigenvalue weighted by molar-refractivity contribution is 5.95. The molecule has 41 heavy (non-hydrogen) atoms. The van der Waals surface area contributed by atoms with Gasteiger partial charge in [-0.1, -0.05) is 109 Å². The summed E-state index contributed by atoms with van der Waals surface area (Å²) < 4.78 is 11.8. The quantitative estimate of drug-likeness (QED) is 0.201. The van der Waals surface area contributed by atoms with Crippen LogP contribution in [-0.2, 0) is 17.8 Å². The molecule has 2 N–H and O–H groups in total. The minimum absolute atomic E-state index is 0.229. The van der Waals surface area contributed by atoms with Gasteiger partial charge in [-0.3, -0.25) is 20.4 Å². The highest BCUT2D eigenvalue weighted by Crippen LogP contribution is 2.30. The maximum Gasteiger partial charge on any atom is 0.276 e. The van der Waals surface area contributed by atoms with Crippen molar-refractivity contribution in [3.8, 4) is 22.6 Å². The molecule has 6 nitrogen and oxygen atoms in total. The van der Waals surface area contributed by atoms with Gasteiger partial charge in [0, 0.05) is 17.5 Å². The molecule has 0 atom stereocenters. The maximum atomic E-state index is 12.6. The molecule has 0 saturated heterocycles. The second-order valence-electron chi connectivity index (χ2n) is 9.41. The van der Waals surface area contributed by atoms with Crippen molar-refractivity contribution < 1.29 is 19.1 Å². The van der Waals surface area contributed by atoms with Gasteiger partial charge in [0.25, 0.3) is 11.8 Å². The molecule has 0 aliphatic carbocycles. The average Bonchev–Trinajstić information content (AvgIpc) is 3.03. The summed E-state index contributed by atoms with van der Waals surface area (Å²) in [5.41, 5.74) is 10.4. The van der Waals surface area contributed by atoms with Crippen molar-refractivity contribution in [1.29, 1.82) is 0 Å². The highest BCUT2D eigenvalue weighted by Gasteiger charge is 2.11. The van der Waals surface area contributed by atoms with Crippen molar-refractivity contribution in [3.05, 3.63) is 156 Å². The second-order valence-corrected chi connectivity index (χ2v) is 9.41. The SMILES string of the molecule is O=C(COc1ccccc1Cc1ccccc1)NNC(=O)c1ccc(COc2ccccc2-c2ccccc2)cc1. The number of benzene rings is 5. The smallest absolute Gasteiger partial charge is 0.276 e. The lowest BCUT2D eigenvalue weighted by Gasteiger charge is -2.13. The largest absolute Gasteiger partial charge is 0.488 e. The summed E-state index contributed by atoms with van der Waals surface area (Å²) >= 11 is 0. The van der Waals surface area contributed by atoms with E-state index < -0.39 is 11.8 Å². The average molecular weight is 543 g/mol. The number of para-hydroxylation sites is 2. The predicted molar refractivity (Wildman–Crippen MR) is 159 cm³/mol. The fourth-order valence-electron chi connectivity index (χ4n) is 4.35. The number of hydrogen-bond acceptors (Lipinski definition) is 4. The Hall–Kier alpha value is -5.36. The van der Waals surface area contributed by atoms with Crippen LogP contribution in [-0.4, -0.2) is 18.4 Å². The molecule has 0 fully saturated rings. The number of nitrogens with one attached hydrogen (secondary N) is 2. The predicted octanol–water partition coefficient (Wildman–Crippen LogP) is 6.36. The van der Waals surface area contributed by atoms with Gasteiger partial charge in [-0.2, -0.15) is 0 Å². The first kappa shape index (κ1) is 27.2. The van der Waals surface area contributed by atoms with E-state index in [2.05, 4.69) is 10.9 Å². The molecule has 0 radical (unpaired) electrons.